The highest BCUT2D eigenvalue weighted by Gasteiger charge is 2.48. The van der Waals surface area contributed by atoms with Gasteiger partial charge in [0, 0.05) is 38.0 Å². The minimum absolute atomic E-state index is 0.00888. The number of hydrogen-bond acceptors (Lipinski definition) is 7. The van der Waals surface area contributed by atoms with Crippen molar-refractivity contribution in [2.75, 3.05) is 43.3 Å². The van der Waals surface area contributed by atoms with E-state index in [1.54, 1.807) is 4.90 Å². The molecule has 0 radical (unpaired) electrons. The first-order valence-electron chi connectivity index (χ1n) is 15.3. The number of anilines is 1. The lowest BCUT2D eigenvalue weighted by molar-refractivity contribution is -0.141. The first kappa shape index (κ1) is 34.7. The van der Waals surface area contributed by atoms with Crippen LogP contribution in [0, 0.1) is 0 Å². The minimum Gasteiger partial charge on any atom is -0.465 e. The maximum Gasteiger partial charge on any atom is 0.404 e. The summed E-state index contributed by atoms with van der Waals surface area (Å²) in [5.41, 5.74) is 0.738. The highest BCUT2D eigenvalue weighted by molar-refractivity contribution is 7.92. The molecule has 1 fully saturated rings. The van der Waals surface area contributed by atoms with Crippen LogP contribution < -0.4 is 20.3 Å². The number of fused-ring (bicyclic) bond motifs is 2. The van der Waals surface area contributed by atoms with E-state index >= 15 is 0 Å². The van der Waals surface area contributed by atoms with Gasteiger partial charge < -0.3 is 30.7 Å². The molecule has 1 atom stereocenters. The summed E-state index contributed by atoms with van der Waals surface area (Å²) in [5, 5.41) is 16.3. The summed E-state index contributed by atoms with van der Waals surface area (Å²) in [6, 6.07) is 15.9. The van der Waals surface area contributed by atoms with E-state index in [4.69, 9.17) is 9.84 Å². The maximum atomic E-state index is 13.9. The Bertz CT molecular complexity index is 1520. The van der Waals surface area contributed by atoms with Gasteiger partial charge in [0.1, 0.15) is 11.6 Å². The monoisotopic (exact) mass is 657 g/mol. The van der Waals surface area contributed by atoms with Gasteiger partial charge in [-0.1, -0.05) is 48.5 Å². The summed E-state index contributed by atoms with van der Waals surface area (Å²) in [6.07, 6.45) is 1.38. The Hall–Kier alpha value is -4.17. The lowest BCUT2D eigenvalue weighted by Crippen LogP contribution is -2.61. The van der Waals surface area contributed by atoms with Gasteiger partial charge in [0.25, 0.3) is 0 Å². The second-order valence-corrected chi connectivity index (χ2v) is 14.3. The van der Waals surface area contributed by atoms with Crippen molar-refractivity contribution in [3.05, 3.63) is 65.7 Å². The van der Waals surface area contributed by atoms with Crippen LogP contribution in [-0.2, 0) is 41.2 Å². The van der Waals surface area contributed by atoms with Crippen molar-refractivity contribution >= 4 is 39.5 Å². The second kappa shape index (κ2) is 14.5. The van der Waals surface area contributed by atoms with Gasteiger partial charge in [-0.05, 0) is 50.3 Å². The Balaban J connectivity index is 1.43. The number of benzene rings is 2. The number of carboxylic acid groups (broad SMARTS) is 1. The number of carbonyl (C=O) groups is 4. The third-order valence-electron chi connectivity index (χ3n) is 8.50. The summed E-state index contributed by atoms with van der Waals surface area (Å²) < 4.78 is 32.5. The molecule has 4 N–H and O–H groups in total. The van der Waals surface area contributed by atoms with Crippen molar-refractivity contribution in [1.29, 1.82) is 0 Å². The molecule has 2 aromatic carbocycles. The van der Waals surface area contributed by atoms with Gasteiger partial charge in [0.2, 0.25) is 27.7 Å². The maximum absolute atomic E-state index is 13.9. The second-order valence-electron chi connectivity index (χ2n) is 12.4. The predicted octanol–water partition coefficient (Wildman–Crippen LogP) is 1.97. The van der Waals surface area contributed by atoms with Gasteiger partial charge in [-0.15, -0.1) is 0 Å². The third-order valence-corrected chi connectivity index (χ3v) is 9.63. The molecule has 4 amide bonds. The van der Waals surface area contributed by atoms with Gasteiger partial charge in [-0.25, -0.2) is 13.2 Å². The number of ether oxygens (including phenoxy) is 1. The largest absolute Gasteiger partial charge is 0.465 e. The molecule has 2 aliphatic heterocycles. The average Bonchev–Trinajstić information content (AvgIpc) is 3.33. The van der Waals surface area contributed by atoms with Crippen LogP contribution in [0.15, 0.2) is 54.6 Å². The zero-order valence-corrected chi connectivity index (χ0v) is 27.3. The molecular weight excluding hydrogens is 614 g/mol. The number of carbonyl (C=O) groups excluding carboxylic acids is 3. The van der Waals surface area contributed by atoms with Gasteiger partial charge >= 0.3 is 6.09 Å². The van der Waals surface area contributed by atoms with E-state index in [0.717, 1.165) is 11.1 Å². The van der Waals surface area contributed by atoms with E-state index in [1.165, 1.54) is 24.4 Å². The van der Waals surface area contributed by atoms with Crippen LogP contribution >= 0.6 is 0 Å². The molecule has 2 aliphatic rings. The molecule has 0 saturated carbocycles. The van der Waals surface area contributed by atoms with E-state index in [0.29, 0.717) is 38.2 Å². The molecule has 0 bridgehead atoms. The zero-order valence-electron chi connectivity index (χ0n) is 26.5. The standard InChI is InChI=1S/C32H43N5O8S/c1-31(2,35-27(38)14-9-17-33-30(41)42)29(40)34-25(21-45-20-23-10-5-4-6-11-23)28(39)36-18-15-32(16-19-36)22-37(46(3,43)44)26-13-8-7-12-24(26)32/h4-8,10-13,25,33H,9,14-22H2,1-3H3,(H,34,40)(H,35,38)(H,41,42). The van der Waals surface area contributed by atoms with E-state index in [-0.39, 0.29) is 38.5 Å². The Kier molecular flexibility index (Phi) is 10.9. The number of amides is 4. The van der Waals surface area contributed by atoms with Crippen LogP contribution in [0.4, 0.5) is 10.5 Å². The molecule has 1 unspecified atom stereocenters. The number of nitrogens with one attached hydrogen (secondary N) is 3. The zero-order chi connectivity index (χ0) is 33.5. The van der Waals surface area contributed by atoms with Crippen molar-refractivity contribution in [1.82, 2.24) is 20.9 Å². The van der Waals surface area contributed by atoms with Crippen LogP contribution in [0.1, 0.15) is 50.7 Å². The summed E-state index contributed by atoms with van der Waals surface area (Å²) in [6.45, 7) is 4.31. The lowest BCUT2D eigenvalue weighted by atomic mass is 9.74. The van der Waals surface area contributed by atoms with Crippen LogP contribution in [0.3, 0.4) is 0 Å². The van der Waals surface area contributed by atoms with Crippen LogP contribution in [0.5, 0.6) is 0 Å². The van der Waals surface area contributed by atoms with Gasteiger partial charge in [0.15, 0.2) is 0 Å². The first-order valence-corrected chi connectivity index (χ1v) is 17.1. The molecule has 13 nitrogen and oxygen atoms in total. The number of hydrogen-bond donors (Lipinski definition) is 4. The highest BCUT2D eigenvalue weighted by atomic mass is 32.2. The van der Waals surface area contributed by atoms with E-state index < -0.39 is 44.9 Å². The van der Waals surface area contributed by atoms with E-state index in [2.05, 4.69) is 16.0 Å². The van der Waals surface area contributed by atoms with Crippen molar-refractivity contribution in [3.8, 4) is 0 Å². The topological polar surface area (TPSA) is 174 Å². The van der Waals surface area contributed by atoms with Crippen molar-refractivity contribution in [3.63, 3.8) is 0 Å². The number of para-hydroxylation sites is 1. The predicted molar refractivity (Wildman–Crippen MR) is 172 cm³/mol. The molecule has 1 spiro atoms. The average molecular weight is 658 g/mol. The quantitative estimate of drug-likeness (QED) is 0.237. The number of likely N-dealkylation sites (tertiary alicyclic amines) is 1. The van der Waals surface area contributed by atoms with Crippen molar-refractivity contribution in [2.45, 2.75) is 63.1 Å². The molecule has 2 heterocycles. The Morgan fingerprint density at radius 2 is 1.67 bits per heavy atom. The van der Waals surface area contributed by atoms with Gasteiger partial charge in [-0.2, -0.15) is 0 Å². The summed E-state index contributed by atoms with van der Waals surface area (Å²) in [7, 11) is -3.48. The normalized spacial score (nSPS) is 16.4. The van der Waals surface area contributed by atoms with E-state index in [1.807, 2.05) is 54.6 Å². The minimum atomic E-state index is -3.48. The van der Waals surface area contributed by atoms with E-state index in [9.17, 15) is 27.6 Å². The fourth-order valence-corrected chi connectivity index (χ4v) is 6.98. The molecule has 14 heteroatoms. The van der Waals surface area contributed by atoms with Gasteiger partial charge in [0.05, 0.1) is 25.2 Å². The number of rotatable bonds is 13. The molecule has 4 rings (SSSR count). The summed E-state index contributed by atoms with van der Waals surface area (Å²) in [5.74, 6) is -1.34. The first-order chi connectivity index (χ1) is 21.7. The molecule has 1 saturated heterocycles. The summed E-state index contributed by atoms with van der Waals surface area (Å²) in [4.78, 5) is 52.1. The molecule has 46 heavy (non-hydrogen) atoms. The molecule has 0 aliphatic carbocycles. The number of piperidine rings is 1. The van der Waals surface area contributed by atoms with Crippen molar-refractivity contribution in [2.24, 2.45) is 0 Å². The Labute approximate surface area is 269 Å². The number of sulfonamides is 1. The molecule has 2 aromatic rings. The fraction of sp³-hybridized carbons (Fsp3) is 0.500. The Morgan fingerprint density at radius 3 is 2.33 bits per heavy atom. The highest BCUT2D eigenvalue weighted by Crippen LogP contribution is 2.47. The van der Waals surface area contributed by atoms with Crippen LogP contribution in [0.2, 0.25) is 0 Å². The van der Waals surface area contributed by atoms with Gasteiger partial charge in [-0.3, -0.25) is 18.7 Å². The Morgan fingerprint density at radius 1 is 1.02 bits per heavy atom. The SMILES string of the molecule is CC(C)(NC(=O)CCCNC(=O)O)C(=O)NC(COCc1ccccc1)C(=O)N1CCC2(CC1)CN(S(C)(=O)=O)c1ccccc12. The lowest BCUT2D eigenvalue weighted by Gasteiger charge is -2.41. The van der Waals surface area contributed by atoms with Crippen LogP contribution in [0.25, 0.3) is 0 Å². The molecule has 0 aromatic heterocycles. The number of nitrogens with zero attached hydrogens (tertiary/aromatic N) is 2. The van der Waals surface area contributed by atoms with Crippen LogP contribution in [-0.4, -0.2) is 92.9 Å². The third kappa shape index (κ3) is 8.55. The molecule has 250 valence electrons. The summed E-state index contributed by atoms with van der Waals surface area (Å²) >= 11 is 0. The fourth-order valence-electron chi connectivity index (χ4n) is 5.98. The van der Waals surface area contributed by atoms with Crippen molar-refractivity contribution < 1.29 is 37.4 Å². The molecular formula is C32H43N5O8S. The smallest absolute Gasteiger partial charge is 0.404 e.